The quantitative estimate of drug-likeness (QED) is 0.407. The summed E-state index contributed by atoms with van der Waals surface area (Å²) < 4.78 is 25.6. The first-order valence-corrected chi connectivity index (χ1v) is 10.9. The maximum atomic E-state index is 11.8. The Morgan fingerprint density at radius 1 is 1.41 bits per heavy atom. The number of primary sulfonamides is 1. The lowest BCUT2D eigenvalue weighted by Crippen LogP contribution is -3.00. The number of nitrogens with zero attached hydrogens (tertiary/aromatic N) is 2. The van der Waals surface area contributed by atoms with Gasteiger partial charge in [0.15, 0.2) is 0 Å². The topological polar surface area (TPSA) is 86.6 Å². The van der Waals surface area contributed by atoms with E-state index in [0.29, 0.717) is 31.0 Å². The van der Waals surface area contributed by atoms with Gasteiger partial charge in [0, 0.05) is 5.56 Å². The average Bonchev–Trinajstić information content (AvgIpc) is 2.91. The molecule has 1 fully saturated rings. The minimum Gasteiger partial charge on any atom is -1.00 e. The van der Waals surface area contributed by atoms with Gasteiger partial charge in [-0.2, -0.15) is 0 Å². The third-order valence-corrected chi connectivity index (χ3v) is 6.74. The van der Waals surface area contributed by atoms with Crippen molar-refractivity contribution in [3.8, 4) is 0 Å². The van der Waals surface area contributed by atoms with Crippen molar-refractivity contribution in [3.63, 3.8) is 0 Å². The summed E-state index contributed by atoms with van der Waals surface area (Å²) >= 11 is 7.46. The highest BCUT2D eigenvalue weighted by Crippen LogP contribution is 2.40. The second-order valence-electron chi connectivity index (χ2n) is 5.80. The van der Waals surface area contributed by atoms with E-state index in [-0.39, 0.29) is 22.3 Å². The molecule has 0 aromatic heterocycles. The van der Waals surface area contributed by atoms with Gasteiger partial charge in [0.2, 0.25) is 15.7 Å². The molecule has 10 heteroatoms. The zero-order valence-corrected chi connectivity index (χ0v) is 18.1. The van der Waals surface area contributed by atoms with Crippen molar-refractivity contribution in [1.29, 1.82) is 0 Å². The molecule has 0 saturated carbocycles. The maximum Gasteiger partial charge on any atom is 0.311 e. The molecule has 3 N–H and O–H groups in total. The minimum absolute atomic E-state index is 0. The lowest BCUT2D eigenvalue weighted by molar-refractivity contribution is -0.510. The molecule has 1 aliphatic rings. The van der Waals surface area contributed by atoms with Crippen LogP contribution in [-0.4, -0.2) is 53.6 Å². The van der Waals surface area contributed by atoms with Crippen LogP contribution < -0.4 is 17.5 Å². The molecule has 0 bridgehead atoms. The maximum absolute atomic E-state index is 11.8. The van der Waals surface area contributed by atoms with Crippen molar-refractivity contribution in [1.82, 2.24) is 4.90 Å². The highest BCUT2D eigenvalue weighted by atomic mass is 35.5. The Morgan fingerprint density at radius 3 is 2.48 bits per heavy atom. The average molecular weight is 452 g/mol. The number of aliphatic hydroxyl groups is 1. The summed E-state index contributed by atoms with van der Waals surface area (Å²) in [6.45, 7) is 11.2. The van der Waals surface area contributed by atoms with E-state index in [1.165, 1.54) is 23.9 Å². The predicted octanol–water partition coefficient (Wildman–Crippen LogP) is -1.05. The molecule has 1 unspecified atom stereocenters. The van der Waals surface area contributed by atoms with Gasteiger partial charge in [-0.3, -0.25) is 0 Å². The van der Waals surface area contributed by atoms with Gasteiger partial charge >= 0.3 is 5.17 Å². The number of nitrogens with two attached hydrogens (primary N) is 1. The van der Waals surface area contributed by atoms with E-state index in [4.69, 9.17) is 16.7 Å². The monoisotopic (exact) mass is 451 g/mol. The van der Waals surface area contributed by atoms with E-state index < -0.39 is 15.7 Å². The third-order valence-electron chi connectivity index (χ3n) is 4.07. The van der Waals surface area contributed by atoms with Gasteiger partial charge < -0.3 is 17.5 Å². The Kier molecular flexibility index (Phi) is 8.40. The molecule has 150 valence electrons. The molecule has 1 atom stereocenters. The fraction of sp³-hybridized carbons (Fsp3) is 0.353. The molecule has 0 aliphatic carbocycles. The largest absolute Gasteiger partial charge is 1.00 e. The highest BCUT2D eigenvalue weighted by Gasteiger charge is 2.51. The van der Waals surface area contributed by atoms with Crippen LogP contribution >= 0.6 is 23.4 Å². The number of rotatable bonds is 7. The fourth-order valence-electron chi connectivity index (χ4n) is 2.89. The third kappa shape index (κ3) is 4.88. The number of benzene rings is 1. The Bertz CT molecular complexity index is 847. The van der Waals surface area contributed by atoms with Crippen LogP contribution in [0.2, 0.25) is 5.02 Å². The first kappa shape index (κ1) is 24.0. The molecule has 0 spiro atoms. The van der Waals surface area contributed by atoms with E-state index in [1.54, 1.807) is 18.2 Å². The molecular formula is C17H23Cl2N3O3S2. The van der Waals surface area contributed by atoms with Gasteiger partial charge in [-0.05, 0) is 30.8 Å². The van der Waals surface area contributed by atoms with E-state index >= 15 is 0 Å². The molecule has 1 aromatic rings. The van der Waals surface area contributed by atoms with Crippen LogP contribution in [0.3, 0.4) is 0 Å². The normalized spacial score (nSPS) is 19.6. The molecule has 0 radical (unpaired) electrons. The minimum atomic E-state index is -4.00. The summed E-state index contributed by atoms with van der Waals surface area (Å²) in [5, 5.41) is 17.5. The van der Waals surface area contributed by atoms with Gasteiger partial charge in [-0.25, -0.2) is 23.0 Å². The zero-order chi connectivity index (χ0) is 19.5. The van der Waals surface area contributed by atoms with Crippen LogP contribution in [-0.2, 0) is 15.7 Å². The number of halogens is 2. The van der Waals surface area contributed by atoms with E-state index in [9.17, 15) is 13.5 Å². The summed E-state index contributed by atoms with van der Waals surface area (Å²) in [6, 6.07) is 4.40. The van der Waals surface area contributed by atoms with Crippen LogP contribution in [0.15, 0.2) is 48.4 Å². The van der Waals surface area contributed by atoms with Crippen molar-refractivity contribution in [2.75, 3.05) is 25.4 Å². The van der Waals surface area contributed by atoms with E-state index in [2.05, 4.69) is 13.2 Å². The summed E-state index contributed by atoms with van der Waals surface area (Å²) in [7, 11) is -4.00. The van der Waals surface area contributed by atoms with Crippen LogP contribution in [0.5, 0.6) is 0 Å². The molecular weight excluding hydrogens is 429 g/mol. The number of hydrogen-bond donors (Lipinski definition) is 2. The number of hydrogen-bond acceptors (Lipinski definition) is 4. The van der Waals surface area contributed by atoms with Gasteiger partial charge in [-0.1, -0.05) is 43.0 Å². The first-order valence-electron chi connectivity index (χ1n) is 7.98. The Morgan fingerprint density at radius 2 is 2.00 bits per heavy atom. The number of thioether (sulfide) groups is 1. The Balaban J connectivity index is 0.00000364. The first-order chi connectivity index (χ1) is 12.2. The van der Waals surface area contributed by atoms with Crippen molar-refractivity contribution in [2.45, 2.75) is 17.5 Å². The molecule has 2 rings (SSSR count). The lowest BCUT2D eigenvalue weighted by atomic mass is 10.0. The smallest absolute Gasteiger partial charge is 0.311 e. The highest BCUT2D eigenvalue weighted by molar-refractivity contribution is 8.13. The zero-order valence-electron chi connectivity index (χ0n) is 14.9. The van der Waals surface area contributed by atoms with Crippen LogP contribution in [0.25, 0.3) is 0 Å². The second-order valence-corrected chi connectivity index (χ2v) is 8.68. The van der Waals surface area contributed by atoms with Gasteiger partial charge in [0.05, 0.1) is 17.3 Å². The van der Waals surface area contributed by atoms with E-state index in [1.807, 2.05) is 16.4 Å². The second kappa shape index (κ2) is 9.45. The summed E-state index contributed by atoms with van der Waals surface area (Å²) in [5.41, 5.74) is -0.952. The Labute approximate surface area is 175 Å². The van der Waals surface area contributed by atoms with Crippen LogP contribution in [0.1, 0.15) is 12.5 Å². The fourth-order valence-corrected chi connectivity index (χ4v) is 5.38. The van der Waals surface area contributed by atoms with Crippen LogP contribution in [0.4, 0.5) is 0 Å². The molecule has 6 nitrogen and oxygen atoms in total. The van der Waals surface area contributed by atoms with Crippen molar-refractivity contribution >= 4 is 38.6 Å². The van der Waals surface area contributed by atoms with Gasteiger partial charge in [-0.15, -0.1) is 0 Å². The van der Waals surface area contributed by atoms with Gasteiger partial charge in [0.25, 0.3) is 0 Å². The van der Waals surface area contributed by atoms with Crippen molar-refractivity contribution < 1.29 is 30.5 Å². The van der Waals surface area contributed by atoms with Crippen LogP contribution in [0, 0.1) is 0 Å². The molecule has 1 aliphatic heterocycles. The molecule has 0 amide bonds. The molecule has 27 heavy (non-hydrogen) atoms. The SMILES string of the molecule is C=CC[N+](CC=C)=C1SCC(O)(c2ccc(Cl)c(S(N)(=O)=O)c2)N1CC.[Cl-]. The van der Waals surface area contributed by atoms with E-state index in [0.717, 1.165) is 5.17 Å². The number of amidine groups is 1. The molecule has 1 aromatic carbocycles. The Hall–Kier alpha value is -1.03. The van der Waals surface area contributed by atoms with Crippen molar-refractivity contribution in [3.05, 3.63) is 54.1 Å². The standard InChI is InChI=1S/C17H23ClN3O3S2.ClH/c1-4-9-20(10-5-2)16-21(6-3)17(22,12-25-16)13-7-8-14(18)15(11-13)26(19,23)24;/h4-5,7-8,11,22H,1-2,6,9-10,12H2,3H3,(H2,19,23,24);1H/q+1;/p-1. The molecule has 1 saturated heterocycles. The van der Waals surface area contributed by atoms with Gasteiger partial charge in [0.1, 0.15) is 18.0 Å². The summed E-state index contributed by atoms with van der Waals surface area (Å²) in [4.78, 5) is 1.63. The summed E-state index contributed by atoms with van der Waals surface area (Å²) in [6.07, 6.45) is 3.56. The predicted molar refractivity (Wildman–Crippen MR) is 107 cm³/mol. The lowest BCUT2D eigenvalue weighted by Gasteiger charge is -2.28. The summed E-state index contributed by atoms with van der Waals surface area (Å²) in [5.74, 6) is 0.340. The molecule has 1 heterocycles. The number of sulfonamides is 1. The van der Waals surface area contributed by atoms with Crippen molar-refractivity contribution in [2.24, 2.45) is 5.14 Å².